The molecule has 6 nitrogen and oxygen atoms in total. The maximum atomic E-state index is 8.65. The van der Waals surface area contributed by atoms with Crippen LogP contribution in [-0.4, -0.2) is 98.7 Å². The Morgan fingerprint density at radius 3 is 1.39 bits per heavy atom. The second-order valence-electron chi connectivity index (χ2n) is 4.63. The van der Waals surface area contributed by atoms with Crippen LogP contribution in [0.5, 0.6) is 0 Å². The van der Waals surface area contributed by atoms with Crippen LogP contribution < -0.4 is 10.6 Å². The zero-order valence-corrected chi connectivity index (χ0v) is 11.3. The van der Waals surface area contributed by atoms with Gasteiger partial charge in [0.25, 0.3) is 0 Å². The fraction of sp³-hybridized carbons (Fsp3) is 1.00. The first-order valence-electron chi connectivity index (χ1n) is 6.94. The number of hydrogen-bond donors (Lipinski definition) is 4. The molecule has 18 heavy (non-hydrogen) atoms. The summed E-state index contributed by atoms with van der Waals surface area (Å²) in [5.41, 5.74) is 0. The summed E-state index contributed by atoms with van der Waals surface area (Å²) in [6, 6.07) is 0. The highest BCUT2D eigenvalue weighted by atomic mass is 16.3. The lowest BCUT2D eigenvalue weighted by Gasteiger charge is -2.34. The summed E-state index contributed by atoms with van der Waals surface area (Å²) in [6.07, 6.45) is 0. The molecule has 1 fully saturated rings. The third-order valence-corrected chi connectivity index (χ3v) is 3.25. The van der Waals surface area contributed by atoms with E-state index in [2.05, 4.69) is 20.4 Å². The average Bonchev–Trinajstić information content (AvgIpc) is 2.41. The Balaban J connectivity index is 1.95. The highest BCUT2D eigenvalue weighted by Crippen LogP contribution is 1.99. The van der Waals surface area contributed by atoms with Gasteiger partial charge in [0, 0.05) is 65.4 Å². The fourth-order valence-corrected chi connectivity index (χ4v) is 2.12. The van der Waals surface area contributed by atoms with Crippen LogP contribution in [0.3, 0.4) is 0 Å². The van der Waals surface area contributed by atoms with E-state index in [9.17, 15) is 0 Å². The molecule has 1 rings (SSSR count). The van der Waals surface area contributed by atoms with E-state index in [1.54, 1.807) is 0 Å². The minimum Gasteiger partial charge on any atom is -0.395 e. The summed E-state index contributed by atoms with van der Waals surface area (Å²) in [6.45, 7) is 10.4. The average molecular weight is 260 g/mol. The van der Waals surface area contributed by atoms with Crippen LogP contribution in [-0.2, 0) is 0 Å². The largest absolute Gasteiger partial charge is 0.395 e. The molecule has 4 N–H and O–H groups in total. The molecule has 1 aliphatic heterocycles. The van der Waals surface area contributed by atoms with E-state index in [0.29, 0.717) is 13.1 Å². The first-order chi connectivity index (χ1) is 8.86. The fourth-order valence-electron chi connectivity index (χ4n) is 2.12. The van der Waals surface area contributed by atoms with Crippen LogP contribution in [0.2, 0.25) is 0 Å². The van der Waals surface area contributed by atoms with Crippen molar-refractivity contribution < 1.29 is 10.2 Å². The molecule has 1 aliphatic rings. The number of rotatable bonds is 10. The van der Waals surface area contributed by atoms with Crippen molar-refractivity contribution in [1.29, 1.82) is 0 Å². The molecule has 0 aliphatic carbocycles. The van der Waals surface area contributed by atoms with Gasteiger partial charge in [0.1, 0.15) is 0 Å². The molecule has 0 spiro atoms. The van der Waals surface area contributed by atoms with Crippen molar-refractivity contribution in [2.24, 2.45) is 0 Å². The molecular formula is C12H28N4O2. The van der Waals surface area contributed by atoms with E-state index in [4.69, 9.17) is 10.2 Å². The zero-order chi connectivity index (χ0) is 13.1. The van der Waals surface area contributed by atoms with Gasteiger partial charge in [-0.25, -0.2) is 0 Å². The van der Waals surface area contributed by atoms with Gasteiger partial charge in [-0.2, -0.15) is 0 Å². The molecule has 0 bridgehead atoms. The van der Waals surface area contributed by atoms with Crippen molar-refractivity contribution in [1.82, 2.24) is 20.4 Å². The van der Waals surface area contributed by atoms with Gasteiger partial charge in [-0.05, 0) is 0 Å². The molecule has 0 saturated carbocycles. The monoisotopic (exact) mass is 260 g/mol. The Kier molecular flexibility index (Phi) is 9.37. The molecular weight excluding hydrogens is 232 g/mol. The predicted molar refractivity (Wildman–Crippen MR) is 72.8 cm³/mol. The summed E-state index contributed by atoms with van der Waals surface area (Å²) in [7, 11) is 0. The molecule has 6 heteroatoms. The summed E-state index contributed by atoms with van der Waals surface area (Å²) >= 11 is 0. The van der Waals surface area contributed by atoms with Crippen LogP contribution in [0, 0.1) is 0 Å². The third-order valence-electron chi connectivity index (χ3n) is 3.25. The number of aliphatic hydroxyl groups is 2. The quantitative estimate of drug-likeness (QED) is 0.333. The van der Waals surface area contributed by atoms with E-state index in [1.807, 2.05) is 0 Å². The predicted octanol–water partition coefficient (Wildman–Crippen LogP) is -2.23. The van der Waals surface area contributed by atoms with Crippen LogP contribution in [0.1, 0.15) is 0 Å². The minimum absolute atomic E-state index is 0.217. The second-order valence-corrected chi connectivity index (χ2v) is 4.63. The van der Waals surface area contributed by atoms with E-state index >= 15 is 0 Å². The molecule has 0 aromatic carbocycles. The lowest BCUT2D eigenvalue weighted by atomic mass is 10.3. The summed E-state index contributed by atoms with van der Waals surface area (Å²) in [5, 5.41) is 23.7. The van der Waals surface area contributed by atoms with Crippen molar-refractivity contribution in [2.45, 2.75) is 0 Å². The molecule has 0 amide bonds. The topological polar surface area (TPSA) is 71.0 Å². The lowest BCUT2D eigenvalue weighted by molar-refractivity contribution is 0.132. The van der Waals surface area contributed by atoms with Gasteiger partial charge >= 0.3 is 0 Å². The Morgan fingerprint density at radius 2 is 1.06 bits per heavy atom. The Hall–Kier alpha value is -0.240. The molecule has 0 aromatic heterocycles. The van der Waals surface area contributed by atoms with Gasteiger partial charge in [-0.3, -0.25) is 9.80 Å². The normalized spacial score (nSPS) is 18.3. The standard InChI is InChI=1S/C12H28N4O2/c17-11-3-13-1-5-15-7-9-16(10-8-15)6-2-14-4-12-18/h13-14,17-18H,1-12H2. The van der Waals surface area contributed by atoms with Crippen molar-refractivity contribution in [3.8, 4) is 0 Å². The third kappa shape index (κ3) is 7.25. The second kappa shape index (κ2) is 10.7. The van der Waals surface area contributed by atoms with Crippen molar-refractivity contribution >= 4 is 0 Å². The Bertz CT molecular complexity index is 167. The van der Waals surface area contributed by atoms with E-state index in [-0.39, 0.29) is 13.2 Å². The molecule has 0 aromatic rings. The molecule has 1 saturated heterocycles. The molecule has 0 radical (unpaired) electrons. The lowest BCUT2D eigenvalue weighted by Crippen LogP contribution is -2.49. The SMILES string of the molecule is OCCNCCN1CCN(CCNCCO)CC1. The number of nitrogens with one attached hydrogen (secondary N) is 2. The maximum Gasteiger partial charge on any atom is 0.0555 e. The van der Waals surface area contributed by atoms with Crippen molar-refractivity contribution in [3.05, 3.63) is 0 Å². The molecule has 0 unspecified atom stereocenters. The van der Waals surface area contributed by atoms with Crippen LogP contribution >= 0.6 is 0 Å². The van der Waals surface area contributed by atoms with Gasteiger partial charge in [0.15, 0.2) is 0 Å². The van der Waals surface area contributed by atoms with Gasteiger partial charge in [-0.1, -0.05) is 0 Å². The zero-order valence-electron chi connectivity index (χ0n) is 11.3. The van der Waals surface area contributed by atoms with Crippen molar-refractivity contribution in [3.63, 3.8) is 0 Å². The van der Waals surface area contributed by atoms with Gasteiger partial charge in [0.2, 0.25) is 0 Å². The van der Waals surface area contributed by atoms with Gasteiger partial charge in [0.05, 0.1) is 13.2 Å². The summed E-state index contributed by atoms with van der Waals surface area (Å²) in [5.74, 6) is 0. The number of nitrogens with zero attached hydrogens (tertiary/aromatic N) is 2. The number of aliphatic hydroxyl groups excluding tert-OH is 2. The van der Waals surface area contributed by atoms with Crippen LogP contribution in [0.25, 0.3) is 0 Å². The van der Waals surface area contributed by atoms with E-state index < -0.39 is 0 Å². The van der Waals surface area contributed by atoms with E-state index in [0.717, 1.165) is 52.4 Å². The highest BCUT2D eigenvalue weighted by molar-refractivity contribution is 4.72. The van der Waals surface area contributed by atoms with Gasteiger partial charge in [-0.15, -0.1) is 0 Å². The Morgan fingerprint density at radius 1 is 0.667 bits per heavy atom. The van der Waals surface area contributed by atoms with Crippen molar-refractivity contribution in [2.75, 3.05) is 78.7 Å². The highest BCUT2D eigenvalue weighted by Gasteiger charge is 2.15. The molecule has 108 valence electrons. The molecule has 0 atom stereocenters. The van der Waals surface area contributed by atoms with E-state index in [1.165, 1.54) is 0 Å². The maximum absolute atomic E-state index is 8.65. The smallest absolute Gasteiger partial charge is 0.0555 e. The molecule has 1 heterocycles. The van der Waals surface area contributed by atoms with Crippen LogP contribution in [0.4, 0.5) is 0 Å². The first kappa shape index (κ1) is 15.8. The first-order valence-corrected chi connectivity index (χ1v) is 6.94. The number of piperazine rings is 1. The Labute approximate surface area is 110 Å². The summed E-state index contributed by atoms with van der Waals surface area (Å²) < 4.78 is 0. The minimum atomic E-state index is 0.217. The summed E-state index contributed by atoms with van der Waals surface area (Å²) in [4.78, 5) is 4.92. The van der Waals surface area contributed by atoms with Gasteiger partial charge < -0.3 is 20.8 Å². The number of hydrogen-bond acceptors (Lipinski definition) is 6. The van der Waals surface area contributed by atoms with Crippen LogP contribution in [0.15, 0.2) is 0 Å².